The monoisotopic (exact) mass is 287 g/mol. The van der Waals surface area contributed by atoms with Gasteiger partial charge in [-0.3, -0.25) is 0 Å². The SMILES string of the molecule is CC1(C)OB(c2cccc3cc(B(O)O)[nH]c23)OC1(C)C. The van der Waals surface area contributed by atoms with Crippen molar-refractivity contribution >= 4 is 36.2 Å². The fourth-order valence-corrected chi connectivity index (χ4v) is 2.51. The van der Waals surface area contributed by atoms with Gasteiger partial charge >= 0.3 is 14.2 Å². The van der Waals surface area contributed by atoms with Crippen molar-refractivity contribution in [1.82, 2.24) is 4.98 Å². The number of hydrogen-bond acceptors (Lipinski definition) is 4. The molecule has 0 spiro atoms. The van der Waals surface area contributed by atoms with E-state index in [1.165, 1.54) is 0 Å². The molecule has 2 aromatic rings. The minimum absolute atomic E-state index is 0.356. The van der Waals surface area contributed by atoms with Gasteiger partial charge in [0.25, 0.3) is 0 Å². The summed E-state index contributed by atoms with van der Waals surface area (Å²) in [5, 5.41) is 19.5. The molecule has 0 saturated carbocycles. The molecule has 0 atom stereocenters. The Balaban J connectivity index is 2.06. The average Bonchev–Trinajstić information content (AvgIpc) is 2.88. The smallest absolute Gasteiger partial charge is 0.422 e. The lowest BCUT2D eigenvalue weighted by Crippen LogP contribution is -2.41. The van der Waals surface area contributed by atoms with Crippen molar-refractivity contribution in [2.45, 2.75) is 38.9 Å². The molecule has 0 unspecified atom stereocenters. The van der Waals surface area contributed by atoms with E-state index in [0.717, 1.165) is 16.4 Å². The highest BCUT2D eigenvalue weighted by Gasteiger charge is 2.52. The Hall–Kier alpha value is -1.27. The van der Waals surface area contributed by atoms with Crippen LogP contribution in [0.2, 0.25) is 0 Å². The summed E-state index contributed by atoms with van der Waals surface area (Å²) in [4.78, 5) is 3.04. The molecule has 3 rings (SSSR count). The largest absolute Gasteiger partial charge is 0.505 e. The Labute approximate surface area is 124 Å². The normalized spacial score (nSPS) is 20.2. The molecule has 21 heavy (non-hydrogen) atoms. The fraction of sp³-hybridized carbons (Fsp3) is 0.429. The summed E-state index contributed by atoms with van der Waals surface area (Å²) in [7, 11) is -2.01. The van der Waals surface area contributed by atoms with Gasteiger partial charge < -0.3 is 24.3 Å². The molecular formula is C14H19B2NO4. The number of nitrogens with one attached hydrogen (secondary N) is 1. The maximum atomic E-state index is 9.31. The van der Waals surface area contributed by atoms with Crippen LogP contribution in [0.25, 0.3) is 10.9 Å². The van der Waals surface area contributed by atoms with Crippen molar-refractivity contribution in [1.29, 1.82) is 0 Å². The summed E-state index contributed by atoms with van der Waals surface area (Å²) < 4.78 is 12.1. The van der Waals surface area contributed by atoms with E-state index in [1.807, 2.05) is 45.9 Å². The number of benzene rings is 1. The number of aromatic nitrogens is 1. The highest BCUT2D eigenvalue weighted by Crippen LogP contribution is 2.36. The summed E-state index contributed by atoms with van der Waals surface area (Å²) in [5.41, 5.74) is 1.20. The zero-order valence-electron chi connectivity index (χ0n) is 12.7. The van der Waals surface area contributed by atoms with Crippen molar-refractivity contribution < 1.29 is 19.4 Å². The molecule has 1 aromatic heterocycles. The van der Waals surface area contributed by atoms with Crippen LogP contribution >= 0.6 is 0 Å². The topological polar surface area (TPSA) is 74.7 Å². The molecule has 1 saturated heterocycles. The molecule has 0 amide bonds. The lowest BCUT2D eigenvalue weighted by atomic mass is 9.78. The highest BCUT2D eigenvalue weighted by molar-refractivity contribution is 6.65. The minimum Gasteiger partial charge on any atom is -0.422 e. The van der Waals surface area contributed by atoms with Crippen LogP contribution in [-0.4, -0.2) is 40.5 Å². The first-order valence-corrected chi connectivity index (χ1v) is 7.04. The van der Waals surface area contributed by atoms with Gasteiger partial charge in [0.2, 0.25) is 0 Å². The van der Waals surface area contributed by atoms with Gasteiger partial charge in [0.05, 0.1) is 11.2 Å². The van der Waals surface area contributed by atoms with Crippen molar-refractivity contribution in [2.75, 3.05) is 0 Å². The Kier molecular flexibility index (Phi) is 3.22. The van der Waals surface area contributed by atoms with Gasteiger partial charge in [0.15, 0.2) is 0 Å². The van der Waals surface area contributed by atoms with E-state index in [9.17, 15) is 10.0 Å². The van der Waals surface area contributed by atoms with Crippen LogP contribution in [0, 0.1) is 0 Å². The van der Waals surface area contributed by atoms with Gasteiger partial charge in [-0.05, 0) is 39.1 Å². The van der Waals surface area contributed by atoms with Crippen molar-refractivity contribution in [3.63, 3.8) is 0 Å². The predicted molar refractivity (Wildman–Crippen MR) is 83.8 cm³/mol. The predicted octanol–water partition coefficient (Wildman–Crippen LogP) is 0.147. The number of hydrogen-bond donors (Lipinski definition) is 3. The molecule has 2 heterocycles. The summed E-state index contributed by atoms with van der Waals surface area (Å²) >= 11 is 0. The second-order valence-corrected chi connectivity index (χ2v) is 6.50. The van der Waals surface area contributed by atoms with Crippen LogP contribution in [0.3, 0.4) is 0 Å². The lowest BCUT2D eigenvalue weighted by Gasteiger charge is -2.32. The maximum Gasteiger partial charge on any atom is 0.505 e. The summed E-state index contributed by atoms with van der Waals surface area (Å²) in [6.07, 6.45) is 0. The quantitative estimate of drug-likeness (QED) is 0.687. The van der Waals surface area contributed by atoms with Crippen LogP contribution in [0.4, 0.5) is 0 Å². The molecule has 110 valence electrons. The van der Waals surface area contributed by atoms with E-state index in [4.69, 9.17) is 9.31 Å². The van der Waals surface area contributed by atoms with Crippen LogP contribution < -0.4 is 11.1 Å². The first kappa shape index (κ1) is 14.7. The van der Waals surface area contributed by atoms with E-state index >= 15 is 0 Å². The number of H-pyrrole nitrogens is 1. The number of rotatable bonds is 2. The van der Waals surface area contributed by atoms with Gasteiger partial charge in [-0.25, -0.2) is 0 Å². The van der Waals surface area contributed by atoms with E-state index < -0.39 is 25.4 Å². The molecule has 0 aliphatic carbocycles. The fourth-order valence-electron chi connectivity index (χ4n) is 2.51. The van der Waals surface area contributed by atoms with E-state index in [2.05, 4.69) is 4.98 Å². The summed E-state index contributed by atoms with van der Waals surface area (Å²) in [5.74, 6) is 0. The number of aromatic amines is 1. The van der Waals surface area contributed by atoms with Gasteiger partial charge in [0, 0.05) is 16.6 Å². The van der Waals surface area contributed by atoms with Crippen LogP contribution in [0.1, 0.15) is 27.7 Å². The second-order valence-electron chi connectivity index (χ2n) is 6.50. The molecular weight excluding hydrogens is 268 g/mol. The molecule has 3 N–H and O–H groups in total. The van der Waals surface area contributed by atoms with Crippen LogP contribution in [0.15, 0.2) is 24.3 Å². The van der Waals surface area contributed by atoms with E-state index in [1.54, 1.807) is 6.07 Å². The minimum atomic E-state index is -1.52. The standard InChI is InChI=1S/C14H19B2NO4/c1-13(2)14(3,4)21-16(20-13)10-7-5-6-9-8-11(15(18)19)17-12(9)10/h5-8,17-19H,1-4H3. The Morgan fingerprint density at radius 3 is 2.29 bits per heavy atom. The molecule has 0 radical (unpaired) electrons. The summed E-state index contributed by atoms with van der Waals surface area (Å²) in [6, 6.07) is 7.46. The zero-order valence-corrected chi connectivity index (χ0v) is 12.7. The van der Waals surface area contributed by atoms with Gasteiger partial charge in [0.1, 0.15) is 0 Å². The highest BCUT2D eigenvalue weighted by atomic mass is 16.7. The third-order valence-corrected chi connectivity index (χ3v) is 4.49. The summed E-state index contributed by atoms with van der Waals surface area (Å²) in [6.45, 7) is 8.02. The van der Waals surface area contributed by atoms with Crippen LogP contribution in [0.5, 0.6) is 0 Å². The van der Waals surface area contributed by atoms with E-state index in [-0.39, 0.29) is 0 Å². The molecule has 0 bridgehead atoms. The number of fused-ring (bicyclic) bond motifs is 1. The van der Waals surface area contributed by atoms with E-state index in [0.29, 0.717) is 5.59 Å². The molecule has 1 aliphatic rings. The maximum absolute atomic E-state index is 9.31. The molecule has 1 aromatic carbocycles. The molecule has 1 fully saturated rings. The Morgan fingerprint density at radius 2 is 1.71 bits per heavy atom. The van der Waals surface area contributed by atoms with Gasteiger partial charge in [-0.2, -0.15) is 0 Å². The lowest BCUT2D eigenvalue weighted by molar-refractivity contribution is 0.00578. The zero-order chi connectivity index (χ0) is 15.4. The third kappa shape index (κ3) is 2.30. The first-order valence-electron chi connectivity index (χ1n) is 7.04. The van der Waals surface area contributed by atoms with Crippen molar-refractivity contribution in [3.05, 3.63) is 24.3 Å². The molecule has 7 heteroatoms. The number of para-hydroxylation sites is 1. The van der Waals surface area contributed by atoms with Crippen LogP contribution in [-0.2, 0) is 9.31 Å². The van der Waals surface area contributed by atoms with Gasteiger partial charge in [-0.1, -0.05) is 18.2 Å². The molecule has 5 nitrogen and oxygen atoms in total. The van der Waals surface area contributed by atoms with Crippen molar-refractivity contribution in [3.8, 4) is 0 Å². The van der Waals surface area contributed by atoms with Crippen molar-refractivity contribution in [2.24, 2.45) is 0 Å². The Bertz CT molecular complexity index is 665. The Morgan fingerprint density at radius 1 is 1.10 bits per heavy atom. The molecule has 1 aliphatic heterocycles. The van der Waals surface area contributed by atoms with Gasteiger partial charge in [-0.15, -0.1) is 0 Å². The average molecular weight is 287 g/mol. The second kappa shape index (κ2) is 4.61. The third-order valence-electron chi connectivity index (χ3n) is 4.49. The first-order chi connectivity index (χ1) is 9.71.